The number of H-pyrrole nitrogens is 1. The van der Waals surface area contributed by atoms with E-state index in [1.54, 1.807) is 24.3 Å². The Morgan fingerprint density at radius 3 is 2.31 bits per heavy atom. The van der Waals surface area contributed by atoms with E-state index >= 15 is 0 Å². The highest BCUT2D eigenvalue weighted by Crippen LogP contribution is 2.45. The molecule has 152 valence electrons. The minimum absolute atomic E-state index is 0.0460. The third kappa shape index (κ3) is 3.63. The number of rotatable bonds is 6. The second kappa shape index (κ2) is 7.17. The van der Waals surface area contributed by atoms with Crippen LogP contribution in [-0.4, -0.2) is 51.1 Å². The number of nitrogens with zero attached hydrogens (tertiary/aromatic N) is 2. The molecule has 0 saturated carbocycles. The van der Waals surface area contributed by atoms with Gasteiger partial charge in [-0.2, -0.15) is 23.8 Å². The summed E-state index contributed by atoms with van der Waals surface area (Å²) in [4.78, 5) is 0. The minimum atomic E-state index is -3.74. The molecular formula is C18H17N3O7S. The second-order valence-electron chi connectivity index (χ2n) is 6.09. The van der Waals surface area contributed by atoms with Crippen LogP contribution in [0.3, 0.4) is 0 Å². The predicted molar refractivity (Wildman–Crippen MR) is 102 cm³/mol. The van der Waals surface area contributed by atoms with Crippen molar-refractivity contribution >= 4 is 10.1 Å². The van der Waals surface area contributed by atoms with Crippen molar-refractivity contribution in [2.75, 3.05) is 27.3 Å². The standard InChI is InChI=1S/C18H17N3O7S/c1-24-12-5-4-10(6-13(12)28-29(3,22)23)16-17(20-21-19-16)11-7-14(25-2)18-15(8-11)26-9-27-18/h4-8H,9H2,1-3H3,(H,19,20,21). The van der Waals surface area contributed by atoms with Gasteiger partial charge in [0, 0.05) is 11.1 Å². The summed E-state index contributed by atoms with van der Waals surface area (Å²) in [6.45, 7) is 0.103. The average molecular weight is 419 g/mol. The van der Waals surface area contributed by atoms with Gasteiger partial charge in [0.15, 0.2) is 23.0 Å². The molecule has 0 saturated heterocycles. The lowest BCUT2D eigenvalue weighted by molar-refractivity contribution is 0.171. The molecule has 11 heteroatoms. The number of nitrogens with one attached hydrogen (secondary N) is 1. The number of methoxy groups -OCH3 is 2. The quantitative estimate of drug-likeness (QED) is 0.599. The summed E-state index contributed by atoms with van der Waals surface area (Å²) in [5.74, 6) is 1.87. The Labute approximate surface area is 166 Å². The summed E-state index contributed by atoms with van der Waals surface area (Å²) < 4.78 is 49.6. The summed E-state index contributed by atoms with van der Waals surface area (Å²) in [5, 5.41) is 11.0. The largest absolute Gasteiger partial charge is 0.493 e. The SMILES string of the molecule is COc1ccc(-c2n[nH]nc2-c2cc(OC)c3c(c2)OCO3)cc1OS(C)(=O)=O. The van der Waals surface area contributed by atoms with E-state index in [9.17, 15) is 8.42 Å². The number of hydrogen-bond acceptors (Lipinski definition) is 9. The highest BCUT2D eigenvalue weighted by atomic mass is 32.2. The van der Waals surface area contributed by atoms with Crippen molar-refractivity contribution in [3.8, 4) is 51.3 Å². The number of hydrogen-bond donors (Lipinski definition) is 1. The first-order valence-corrected chi connectivity index (χ1v) is 10.2. The van der Waals surface area contributed by atoms with Crippen molar-refractivity contribution in [1.82, 2.24) is 15.4 Å². The molecule has 0 unspecified atom stereocenters. The van der Waals surface area contributed by atoms with Crippen LogP contribution in [0.5, 0.6) is 28.7 Å². The van der Waals surface area contributed by atoms with E-state index < -0.39 is 10.1 Å². The minimum Gasteiger partial charge on any atom is -0.493 e. The smallest absolute Gasteiger partial charge is 0.306 e. The monoisotopic (exact) mass is 419 g/mol. The van der Waals surface area contributed by atoms with Crippen molar-refractivity contribution < 1.29 is 31.5 Å². The lowest BCUT2D eigenvalue weighted by Crippen LogP contribution is -2.07. The highest BCUT2D eigenvalue weighted by molar-refractivity contribution is 7.86. The Morgan fingerprint density at radius 2 is 1.62 bits per heavy atom. The molecule has 1 aliphatic rings. The fraction of sp³-hybridized carbons (Fsp3) is 0.222. The molecule has 3 aromatic rings. The Morgan fingerprint density at radius 1 is 0.931 bits per heavy atom. The van der Waals surface area contributed by atoms with Crippen LogP contribution in [0, 0.1) is 0 Å². The molecule has 0 aliphatic carbocycles. The molecule has 2 heterocycles. The first-order chi connectivity index (χ1) is 13.9. The summed E-state index contributed by atoms with van der Waals surface area (Å²) in [5.41, 5.74) is 2.24. The predicted octanol–water partition coefficient (Wildman–Crippen LogP) is 2.22. The molecule has 29 heavy (non-hydrogen) atoms. The Bertz CT molecular complexity index is 1170. The number of benzene rings is 2. The van der Waals surface area contributed by atoms with Gasteiger partial charge in [-0.3, -0.25) is 0 Å². The maximum Gasteiger partial charge on any atom is 0.306 e. The zero-order valence-corrected chi connectivity index (χ0v) is 16.6. The molecule has 0 amide bonds. The van der Waals surface area contributed by atoms with Crippen molar-refractivity contribution in [2.45, 2.75) is 0 Å². The first kappa shape index (κ1) is 18.9. The van der Waals surface area contributed by atoms with E-state index in [1.165, 1.54) is 20.3 Å². The van der Waals surface area contributed by atoms with Gasteiger partial charge in [0.05, 0.1) is 20.5 Å². The molecule has 2 aromatic carbocycles. The molecule has 0 radical (unpaired) electrons. The van der Waals surface area contributed by atoms with Gasteiger partial charge < -0.3 is 23.1 Å². The number of aromatic nitrogens is 3. The maximum absolute atomic E-state index is 11.6. The Kier molecular flexibility index (Phi) is 4.66. The molecule has 1 N–H and O–H groups in total. The van der Waals surface area contributed by atoms with Gasteiger partial charge >= 0.3 is 10.1 Å². The third-order valence-corrected chi connectivity index (χ3v) is 4.64. The van der Waals surface area contributed by atoms with Gasteiger partial charge in [-0.25, -0.2) is 0 Å². The zero-order valence-electron chi connectivity index (χ0n) is 15.8. The number of ether oxygens (including phenoxy) is 4. The normalized spacial score (nSPS) is 12.7. The van der Waals surface area contributed by atoms with Gasteiger partial charge in [-0.05, 0) is 30.3 Å². The van der Waals surface area contributed by atoms with E-state index in [2.05, 4.69) is 15.4 Å². The van der Waals surface area contributed by atoms with Crippen LogP contribution in [0.25, 0.3) is 22.5 Å². The number of aromatic amines is 1. The third-order valence-electron chi connectivity index (χ3n) is 4.16. The average Bonchev–Trinajstić information content (AvgIpc) is 3.35. The van der Waals surface area contributed by atoms with Crippen LogP contribution in [0.4, 0.5) is 0 Å². The van der Waals surface area contributed by atoms with Crippen molar-refractivity contribution in [3.63, 3.8) is 0 Å². The molecular weight excluding hydrogens is 402 g/mol. The van der Waals surface area contributed by atoms with Gasteiger partial charge in [0.1, 0.15) is 11.4 Å². The molecule has 0 bridgehead atoms. The van der Waals surface area contributed by atoms with Crippen molar-refractivity contribution in [1.29, 1.82) is 0 Å². The van der Waals surface area contributed by atoms with E-state index in [0.717, 1.165) is 6.26 Å². The van der Waals surface area contributed by atoms with Crippen LogP contribution >= 0.6 is 0 Å². The van der Waals surface area contributed by atoms with Gasteiger partial charge in [-0.1, -0.05) is 0 Å². The second-order valence-corrected chi connectivity index (χ2v) is 7.66. The van der Waals surface area contributed by atoms with Crippen molar-refractivity contribution in [3.05, 3.63) is 30.3 Å². The summed E-state index contributed by atoms with van der Waals surface area (Å²) in [6.07, 6.45) is 0.958. The summed E-state index contributed by atoms with van der Waals surface area (Å²) in [6, 6.07) is 8.36. The topological polar surface area (TPSA) is 122 Å². The van der Waals surface area contributed by atoms with Crippen LogP contribution < -0.4 is 23.1 Å². The zero-order chi connectivity index (χ0) is 20.6. The van der Waals surface area contributed by atoms with Crippen LogP contribution in [0.15, 0.2) is 30.3 Å². The van der Waals surface area contributed by atoms with Crippen LogP contribution in [-0.2, 0) is 10.1 Å². The molecule has 0 spiro atoms. The van der Waals surface area contributed by atoms with Gasteiger partial charge in [0.2, 0.25) is 12.5 Å². The van der Waals surface area contributed by atoms with E-state index in [-0.39, 0.29) is 18.3 Å². The van der Waals surface area contributed by atoms with Crippen molar-refractivity contribution in [2.24, 2.45) is 0 Å². The molecule has 0 fully saturated rings. The fourth-order valence-corrected chi connectivity index (χ4v) is 3.41. The fourth-order valence-electron chi connectivity index (χ4n) is 2.95. The molecule has 4 rings (SSSR count). The summed E-state index contributed by atoms with van der Waals surface area (Å²) in [7, 11) is -0.792. The van der Waals surface area contributed by atoms with Gasteiger partial charge in [0.25, 0.3) is 0 Å². The van der Waals surface area contributed by atoms with E-state index in [0.29, 0.717) is 39.8 Å². The summed E-state index contributed by atoms with van der Waals surface area (Å²) >= 11 is 0. The lowest BCUT2D eigenvalue weighted by atomic mass is 10.0. The highest BCUT2D eigenvalue weighted by Gasteiger charge is 2.24. The van der Waals surface area contributed by atoms with Gasteiger partial charge in [-0.15, -0.1) is 0 Å². The van der Waals surface area contributed by atoms with E-state index in [4.69, 9.17) is 23.1 Å². The molecule has 1 aromatic heterocycles. The maximum atomic E-state index is 11.6. The Hall–Kier alpha value is -3.47. The lowest BCUT2D eigenvalue weighted by Gasteiger charge is -2.11. The molecule has 1 aliphatic heterocycles. The van der Waals surface area contributed by atoms with E-state index in [1.807, 2.05) is 0 Å². The first-order valence-electron chi connectivity index (χ1n) is 8.36. The molecule has 10 nitrogen and oxygen atoms in total. The van der Waals surface area contributed by atoms with Crippen LogP contribution in [0.1, 0.15) is 0 Å². The number of fused-ring (bicyclic) bond motifs is 1. The Balaban J connectivity index is 1.81. The molecule has 0 atom stereocenters. The van der Waals surface area contributed by atoms with Crippen LogP contribution in [0.2, 0.25) is 0 Å².